The Hall–Kier alpha value is -3.66. The third-order valence-electron chi connectivity index (χ3n) is 4.30. The Morgan fingerprint density at radius 2 is 1.92 bits per heavy atom. The number of hydrogen-bond acceptors (Lipinski definition) is 4. The average Bonchev–Trinajstić information content (AvgIpc) is 2.98. The molecule has 3 aromatic rings. The van der Waals surface area contributed by atoms with Gasteiger partial charge >= 0.3 is 0 Å². The predicted octanol–water partition coefficient (Wildman–Crippen LogP) is 1.78. The standard InChI is InChI=1S/C18H13N5O2/c19-9-13-14(11-5-4-8-20-10-11)15-16(21-17(13)24)22-23(18(15)25)12-6-2-1-3-7-12/h1-8,10,13-14,22H,(H,21,24)/t13-,14+/m0/s1. The highest BCUT2D eigenvalue weighted by atomic mass is 16.2. The first kappa shape index (κ1) is 14.9. The van der Waals surface area contributed by atoms with Crippen molar-refractivity contribution in [1.29, 1.82) is 5.26 Å². The van der Waals surface area contributed by atoms with Gasteiger partial charge in [-0.3, -0.25) is 19.7 Å². The number of rotatable bonds is 2. The van der Waals surface area contributed by atoms with E-state index in [0.29, 0.717) is 22.6 Å². The zero-order chi connectivity index (χ0) is 17.4. The SMILES string of the molecule is N#C[C@@H]1C(=O)Nc2[nH]n(-c3ccccc3)c(=O)c2[C@@H]1c1cccnc1. The molecule has 0 aliphatic carbocycles. The molecule has 1 aliphatic heterocycles. The lowest BCUT2D eigenvalue weighted by Gasteiger charge is -2.25. The van der Waals surface area contributed by atoms with Gasteiger partial charge < -0.3 is 5.32 Å². The number of fused-ring (bicyclic) bond motifs is 1. The van der Waals surface area contributed by atoms with Gasteiger partial charge in [0, 0.05) is 18.3 Å². The maximum Gasteiger partial charge on any atom is 0.277 e. The van der Waals surface area contributed by atoms with Crippen LogP contribution in [0.2, 0.25) is 0 Å². The molecule has 0 radical (unpaired) electrons. The van der Waals surface area contributed by atoms with E-state index >= 15 is 0 Å². The minimum atomic E-state index is -0.996. The van der Waals surface area contributed by atoms with E-state index in [0.717, 1.165) is 0 Å². The number of amides is 1. The third-order valence-corrected chi connectivity index (χ3v) is 4.30. The zero-order valence-electron chi connectivity index (χ0n) is 13.0. The first-order chi connectivity index (χ1) is 12.2. The first-order valence-electron chi connectivity index (χ1n) is 7.71. The largest absolute Gasteiger partial charge is 0.310 e. The van der Waals surface area contributed by atoms with E-state index < -0.39 is 17.7 Å². The van der Waals surface area contributed by atoms with Gasteiger partial charge in [-0.25, -0.2) is 4.68 Å². The molecule has 0 saturated carbocycles. The predicted molar refractivity (Wildman–Crippen MR) is 90.2 cm³/mol. The summed E-state index contributed by atoms with van der Waals surface area (Å²) < 4.78 is 1.37. The number of anilines is 1. The van der Waals surface area contributed by atoms with E-state index in [1.807, 2.05) is 24.3 Å². The first-order valence-corrected chi connectivity index (χ1v) is 7.71. The van der Waals surface area contributed by atoms with Crippen molar-refractivity contribution in [2.45, 2.75) is 5.92 Å². The van der Waals surface area contributed by atoms with E-state index in [-0.39, 0.29) is 5.56 Å². The van der Waals surface area contributed by atoms with Crippen LogP contribution in [0, 0.1) is 17.2 Å². The van der Waals surface area contributed by atoms with E-state index in [2.05, 4.69) is 15.4 Å². The quantitative estimate of drug-likeness (QED) is 0.747. The highest BCUT2D eigenvalue weighted by Crippen LogP contribution is 2.37. The van der Waals surface area contributed by atoms with Crippen molar-refractivity contribution < 1.29 is 4.79 Å². The molecule has 2 N–H and O–H groups in total. The molecule has 0 fully saturated rings. The lowest BCUT2D eigenvalue weighted by atomic mass is 9.80. The topological polar surface area (TPSA) is 104 Å². The van der Waals surface area contributed by atoms with Crippen LogP contribution in [0.3, 0.4) is 0 Å². The van der Waals surface area contributed by atoms with Gasteiger partial charge in [0.05, 0.1) is 17.3 Å². The number of carbonyl (C=O) groups is 1. The summed E-state index contributed by atoms with van der Waals surface area (Å²) in [7, 11) is 0. The fraction of sp³-hybridized carbons (Fsp3) is 0.111. The van der Waals surface area contributed by atoms with Gasteiger partial charge in [0.1, 0.15) is 11.7 Å². The van der Waals surface area contributed by atoms with Crippen molar-refractivity contribution >= 4 is 11.7 Å². The molecule has 0 unspecified atom stereocenters. The fourth-order valence-corrected chi connectivity index (χ4v) is 3.16. The summed E-state index contributed by atoms with van der Waals surface area (Å²) in [4.78, 5) is 29.4. The number of nitrogens with zero attached hydrogens (tertiary/aromatic N) is 3. The third kappa shape index (κ3) is 2.32. The fourth-order valence-electron chi connectivity index (χ4n) is 3.16. The summed E-state index contributed by atoms with van der Waals surface area (Å²) in [6.07, 6.45) is 3.19. The Morgan fingerprint density at radius 3 is 2.60 bits per heavy atom. The number of benzene rings is 1. The van der Waals surface area contributed by atoms with Crippen LogP contribution in [0.4, 0.5) is 5.82 Å². The normalized spacial score (nSPS) is 18.9. The molecule has 4 rings (SSSR count). The Bertz CT molecular complexity index is 1030. The second-order valence-corrected chi connectivity index (χ2v) is 5.74. The number of aromatic nitrogens is 3. The summed E-state index contributed by atoms with van der Waals surface area (Å²) >= 11 is 0. The molecule has 1 aromatic carbocycles. The van der Waals surface area contributed by atoms with Gasteiger partial charge in [-0.2, -0.15) is 5.26 Å². The number of H-pyrrole nitrogens is 1. The summed E-state index contributed by atoms with van der Waals surface area (Å²) in [5, 5.41) is 15.1. The molecule has 0 saturated heterocycles. The number of para-hydroxylation sites is 1. The molecular weight excluding hydrogens is 318 g/mol. The summed E-state index contributed by atoms with van der Waals surface area (Å²) in [5.74, 6) is -1.79. The molecule has 1 aliphatic rings. The maximum absolute atomic E-state index is 13.0. The van der Waals surface area contributed by atoms with Crippen molar-refractivity contribution in [3.63, 3.8) is 0 Å². The average molecular weight is 331 g/mol. The highest BCUT2D eigenvalue weighted by molar-refractivity contribution is 5.97. The second kappa shape index (κ2) is 5.76. The Labute approximate surface area is 142 Å². The number of nitrogens with one attached hydrogen (secondary N) is 2. The molecule has 0 bridgehead atoms. The van der Waals surface area contributed by atoms with E-state index in [1.54, 1.807) is 36.7 Å². The van der Waals surface area contributed by atoms with Crippen LogP contribution in [-0.4, -0.2) is 20.7 Å². The van der Waals surface area contributed by atoms with E-state index in [1.165, 1.54) is 4.68 Å². The molecule has 25 heavy (non-hydrogen) atoms. The van der Waals surface area contributed by atoms with Crippen LogP contribution in [-0.2, 0) is 4.79 Å². The van der Waals surface area contributed by atoms with Gasteiger partial charge in [0.25, 0.3) is 5.56 Å². The molecular formula is C18H13N5O2. The maximum atomic E-state index is 13.0. The number of hydrogen-bond donors (Lipinski definition) is 2. The molecule has 0 spiro atoms. The number of nitriles is 1. The monoisotopic (exact) mass is 331 g/mol. The lowest BCUT2D eigenvalue weighted by Crippen LogP contribution is -2.35. The summed E-state index contributed by atoms with van der Waals surface area (Å²) in [5.41, 5.74) is 1.37. The van der Waals surface area contributed by atoms with Crippen molar-refractivity contribution in [3.05, 3.63) is 76.3 Å². The summed E-state index contributed by atoms with van der Waals surface area (Å²) in [6.45, 7) is 0. The number of carbonyl (C=O) groups excluding carboxylic acids is 1. The highest BCUT2D eigenvalue weighted by Gasteiger charge is 2.41. The van der Waals surface area contributed by atoms with Crippen LogP contribution in [0.25, 0.3) is 5.69 Å². The molecule has 1 amide bonds. The van der Waals surface area contributed by atoms with Gasteiger partial charge in [0.2, 0.25) is 5.91 Å². The van der Waals surface area contributed by atoms with Crippen LogP contribution in [0.1, 0.15) is 17.0 Å². The molecule has 7 heteroatoms. The number of aromatic amines is 1. The van der Waals surface area contributed by atoms with Crippen molar-refractivity contribution in [3.8, 4) is 11.8 Å². The minimum absolute atomic E-state index is 0.296. The van der Waals surface area contributed by atoms with Gasteiger partial charge in [-0.1, -0.05) is 24.3 Å². The lowest BCUT2D eigenvalue weighted by molar-refractivity contribution is -0.119. The Balaban J connectivity index is 1.95. The zero-order valence-corrected chi connectivity index (χ0v) is 13.0. The summed E-state index contributed by atoms with van der Waals surface area (Å²) in [6, 6.07) is 14.6. The Morgan fingerprint density at radius 1 is 1.12 bits per heavy atom. The molecule has 122 valence electrons. The number of pyridine rings is 1. The van der Waals surface area contributed by atoms with Crippen molar-refractivity contribution in [2.75, 3.05) is 5.32 Å². The van der Waals surface area contributed by atoms with Crippen LogP contribution >= 0.6 is 0 Å². The van der Waals surface area contributed by atoms with Gasteiger partial charge in [0.15, 0.2) is 0 Å². The smallest absolute Gasteiger partial charge is 0.277 e. The van der Waals surface area contributed by atoms with Crippen LogP contribution < -0.4 is 10.9 Å². The molecule has 3 heterocycles. The van der Waals surface area contributed by atoms with Crippen molar-refractivity contribution in [1.82, 2.24) is 14.8 Å². The second-order valence-electron chi connectivity index (χ2n) is 5.74. The molecule has 2 atom stereocenters. The molecule has 7 nitrogen and oxygen atoms in total. The van der Waals surface area contributed by atoms with Gasteiger partial charge in [-0.15, -0.1) is 0 Å². The van der Waals surface area contributed by atoms with E-state index in [4.69, 9.17) is 0 Å². The van der Waals surface area contributed by atoms with Crippen LogP contribution in [0.5, 0.6) is 0 Å². The Kier molecular flexibility index (Phi) is 3.43. The molecule has 2 aromatic heterocycles. The minimum Gasteiger partial charge on any atom is -0.310 e. The van der Waals surface area contributed by atoms with Gasteiger partial charge in [-0.05, 0) is 23.8 Å². The van der Waals surface area contributed by atoms with Crippen molar-refractivity contribution in [2.24, 2.45) is 5.92 Å². The van der Waals surface area contributed by atoms with E-state index in [9.17, 15) is 14.9 Å². The van der Waals surface area contributed by atoms with Crippen LogP contribution in [0.15, 0.2) is 59.7 Å².